The fraction of sp³-hybridized carbons (Fsp3) is 0.500. The van der Waals surface area contributed by atoms with E-state index in [9.17, 15) is 9.18 Å². The van der Waals surface area contributed by atoms with Crippen LogP contribution >= 0.6 is 12.2 Å². The Morgan fingerprint density at radius 2 is 2.23 bits per heavy atom. The lowest BCUT2D eigenvalue weighted by molar-refractivity contribution is -0.117. The van der Waals surface area contributed by atoms with Crippen molar-refractivity contribution in [1.82, 2.24) is 10.2 Å². The first-order chi connectivity index (χ1) is 10.2. The number of carbonyl (C=O) groups excluding carboxylic acids is 1. The van der Waals surface area contributed by atoms with Gasteiger partial charge in [-0.05, 0) is 64.0 Å². The van der Waals surface area contributed by atoms with Crippen LogP contribution in [0, 0.1) is 12.7 Å². The molecule has 0 bridgehead atoms. The molecule has 1 saturated heterocycles. The summed E-state index contributed by atoms with van der Waals surface area (Å²) >= 11 is 5.35. The highest BCUT2D eigenvalue weighted by atomic mass is 32.1. The highest BCUT2D eigenvalue weighted by Crippen LogP contribution is 2.22. The molecule has 2 rings (SSSR count). The van der Waals surface area contributed by atoms with Gasteiger partial charge in [-0.2, -0.15) is 0 Å². The summed E-state index contributed by atoms with van der Waals surface area (Å²) in [5.74, 6) is -0.540. The number of nitrogens with zero attached hydrogens (tertiary/aromatic N) is 1. The summed E-state index contributed by atoms with van der Waals surface area (Å²) in [6.45, 7) is 8.05. The molecule has 0 radical (unpaired) electrons. The molecule has 0 spiro atoms. The van der Waals surface area contributed by atoms with Gasteiger partial charge in [-0.1, -0.05) is 6.07 Å². The van der Waals surface area contributed by atoms with E-state index >= 15 is 0 Å². The maximum Gasteiger partial charge on any atom is 0.243 e. The molecule has 1 atom stereocenters. The van der Waals surface area contributed by atoms with Crippen molar-refractivity contribution < 1.29 is 9.18 Å². The number of carbonyl (C=O) groups is 1. The lowest BCUT2D eigenvalue weighted by Crippen LogP contribution is -2.61. The Labute approximate surface area is 136 Å². The molecule has 120 valence electrons. The minimum Gasteiger partial charge on any atom is -0.358 e. The molecule has 0 aliphatic carbocycles. The van der Waals surface area contributed by atoms with Gasteiger partial charge in [0.15, 0.2) is 5.11 Å². The smallest absolute Gasteiger partial charge is 0.243 e. The highest BCUT2D eigenvalue weighted by molar-refractivity contribution is 7.80. The molecule has 1 heterocycles. The van der Waals surface area contributed by atoms with Gasteiger partial charge in [0.1, 0.15) is 5.82 Å². The molecule has 1 aromatic rings. The van der Waals surface area contributed by atoms with Crippen molar-refractivity contribution in [2.75, 3.05) is 11.9 Å². The highest BCUT2D eigenvalue weighted by Gasteiger charge is 2.33. The van der Waals surface area contributed by atoms with Crippen LogP contribution in [0.1, 0.15) is 32.8 Å². The fourth-order valence-electron chi connectivity index (χ4n) is 2.71. The molecule has 6 heteroatoms. The van der Waals surface area contributed by atoms with E-state index < -0.39 is 0 Å². The number of nitrogens with one attached hydrogen (secondary N) is 2. The second-order valence-corrected chi connectivity index (χ2v) is 6.89. The average molecular weight is 323 g/mol. The minimum absolute atomic E-state index is 0.0659. The lowest BCUT2D eigenvalue weighted by atomic mass is 9.93. The van der Waals surface area contributed by atoms with E-state index in [-0.39, 0.29) is 29.8 Å². The van der Waals surface area contributed by atoms with Gasteiger partial charge < -0.3 is 15.5 Å². The fourth-order valence-corrected chi connectivity index (χ4v) is 3.24. The van der Waals surface area contributed by atoms with Crippen molar-refractivity contribution in [3.63, 3.8) is 0 Å². The summed E-state index contributed by atoms with van der Waals surface area (Å²) in [4.78, 5) is 14.0. The number of hydrogen-bond donors (Lipinski definition) is 2. The zero-order chi connectivity index (χ0) is 16.5. The summed E-state index contributed by atoms with van der Waals surface area (Å²) in [5.41, 5.74) is 0.941. The van der Waals surface area contributed by atoms with Crippen LogP contribution in [0.5, 0.6) is 0 Å². The van der Waals surface area contributed by atoms with Gasteiger partial charge >= 0.3 is 0 Å². The monoisotopic (exact) mass is 323 g/mol. The standard InChI is InChI=1S/C16H22FN3OS/c1-10-5-6-12(7-13(10)17)18-14(21)9-20-11(2)8-16(3,4)19-15(20)22/h5-7,11H,8-9H2,1-4H3,(H,18,21)(H,19,22). The SMILES string of the molecule is Cc1ccc(NC(=O)CN2C(=S)NC(C)(C)CC2C)cc1F. The van der Waals surface area contributed by atoms with E-state index in [2.05, 4.69) is 24.5 Å². The number of benzene rings is 1. The first-order valence-corrected chi connectivity index (χ1v) is 7.73. The molecular formula is C16H22FN3OS. The molecule has 1 aliphatic rings. The van der Waals surface area contributed by atoms with Crippen molar-refractivity contribution in [2.45, 2.75) is 45.7 Å². The predicted octanol–water partition coefficient (Wildman–Crippen LogP) is 2.82. The first kappa shape index (κ1) is 16.7. The summed E-state index contributed by atoms with van der Waals surface area (Å²) in [7, 11) is 0. The van der Waals surface area contributed by atoms with Gasteiger partial charge in [-0.15, -0.1) is 0 Å². The average Bonchev–Trinajstić information content (AvgIpc) is 2.37. The van der Waals surface area contributed by atoms with Crippen molar-refractivity contribution in [3.8, 4) is 0 Å². The minimum atomic E-state index is -0.330. The summed E-state index contributed by atoms with van der Waals surface area (Å²) in [6, 6.07) is 4.83. The number of rotatable bonds is 3. The van der Waals surface area contributed by atoms with E-state index in [4.69, 9.17) is 12.2 Å². The molecule has 1 amide bonds. The van der Waals surface area contributed by atoms with Crippen LogP contribution in [0.2, 0.25) is 0 Å². The number of thiocarbonyl (C=S) groups is 1. The number of amides is 1. The molecule has 0 saturated carbocycles. The summed E-state index contributed by atoms with van der Waals surface area (Å²) in [6.07, 6.45) is 0.888. The van der Waals surface area contributed by atoms with Gasteiger partial charge in [0.2, 0.25) is 5.91 Å². The van der Waals surface area contributed by atoms with E-state index in [1.807, 2.05) is 11.8 Å². The third-order valence-corrected chi connectivity index (χ3v) is 4.15. The van der Waals surface area contributed by atoms with Crippen molar-refractivity contribution in [1.29, 1.82) is 0 Å². The number of hydrogen-bond acceptors (Lipinski definition) is 2. The summed E-state index contributed by atoms with van der Waals surface area (Å²) < 4.78 is 13.5. The van der Waals surface area contributed by atoms with Crippen molar-refractivity contribution in [3.05, 3.63) is 29.6 Å². The quantitative estimate of drug-likeness (QED) is 0.840. The van der Waals surface area contributed by atoms with Crippen LogP contribution in [0.25, 0.3) is 0 Å². The molecule has 1 fully saturated rings. The van der Waals surface area contributed by atoms with E-state index in [0.29, 0.717) is 16.4 Å². The van der Waals surface area contributed by atoms with Gasteiger partial charge in [0.25, 0.3) is 0 Å². The van der Waals surface area contributed by atoms with E-state index in [1.165, 1.54) is 6.07 Å². The van der Waals surface area contributed by atoms with Gasteiger partial charge in [0, 0.05) is 17.3 Å². The third-order valence-electron chi connectivity index (χ3n) is 3.81. The zero-order valence-corrected chi connectivity index (χ0v) is 14.2. The van der Waals surface area contributed by atoms with Crippen LogP contribution in [-0.2, 0) is 4.79 Å². The normalized spacial score (nSPS) is 20.5. The van der Waals surface area contributed by atoms with E-state index in [1.54, 1.807) is 19.1 Å². The Kier molecular flexibility index (Phi) is 4.70. The molecule has 4 nitrogen and oxygen atoms in total. The Bertz CT molecular complexity index is 603. The van der Waals surface area contributed by atoms with Gasteiger partial charge in [-0.3, -0.25) is 4.79 Å². The maximum atomic E-state index is 13.5. The molecule has 22 heavy (non-hydrogen) atoms. The topological polar surface area (TPSA) is 44.4 Å². The molecule has 1 aromatic carbocycles. The van der Waals surface area contributed by atoms with Gasteiger partial charge in [0.05, 0.1) is 6.54 Å². The second-order valence-electron chi connectivity index (χ2n) is 6.51. The lowest BCUT2D eigenvalue weighted by Gasteiger charge is -2.44. The second kappa shape index (κ2) is 6.20. The maximum absolute atomic E-state index is 13.5. The number of halogens is 1. The van der Waals surface area contributed by atoms with Crippen LogP contribution in [0.3, 0.4) is 0 Å². The van der Waals surface area contributed by atoms with Crippen molar-refractivity contribution >= 4 is 28.9 Å². The Morgan fingerprint density at radius 1 is 1.55 bits per heavy atom. The van der Waals surface area contributed by atoms with Crippen LogP contribution in [-0.4, -0.2) is 34.0 Å². The van der Waals surface area contributed by atoms with Crippen LogP contribution in [0.4, 0.5) is 10.1 Å². The van der Waals surface area contributed by atoms with E-state index in [0.717, 1.165) is 6.42 Å². The molecular weight excluding hydrogens is 301 g/mol. The molecule has 0 aromatic heterocycles. The predicted molar refractivity (Wildman–Crippen MR) is 90.4 cm³/mol. The zero-order valence-electron chi connectivity index (χ0n) is 13.4. The molecule has 1 unspecified atom stereocenters. The Hall–Kier alpha value is -1.69. The number of anilines is 1. The largest absolute Gasteiger partial charge is 0.358 e. The number of aryl methyl sites for hydroxylation is 1. The Balaban J connectivity index is 1.99. The Morgan fingerprint density at radius 3 is 2.82 bits per heavy atom. The summed E-state index contributed by atoms with van der Waals surface area (Å²) in [5, 5.41) is 6.53. The van der Waals surface area contributed by atoms with Gasteiger partial charge in [-0.25, -0.2) is 4.39 Å². The first-order valence-electron chi connectivity index (χ1n) is 7.33. The van der Waals surface area contributed by atoms with Crippen molar-refractivity contribution in [2.24, 2.45) is 0 Å². The van der Waals surface area contributed by atoms with Crippen LogP contribution in [0.15, 0.2) is 18.2 Å². The molecule has 1 aliphatic heterocycles. The molecule has 2 N–H and O–H groups in total. The third kappa shape index (κ3) is 3.94. The van der Waals surface area contributed by atoms with Crippen LogP contribution < -0.4 is 10.6 Å².